The first-order valence-electron chi connectivity index (χ1n) is 3.55. The highest BCUT2D eigenvalue weighted by Gasteiger charge is 2.28. The molecule has 0 aromatic rings. The number of halogens is 3. The Bertz CT molecular complexity index is 110. The van der Waals surface area contributed by atoms with Crippen molar-refractivity contribution in [3.63, 3.8) is 0 Å². The zero-order chi connectivity index (χ0) is 9.83. The highest BCUT2D eigenvalue weighted by atomic mass is 19.4. The average Bonchev–Trinajstić information content (AvgIpc) is 1.76. The molecule has 0 spiro atoms. The molecule has 0 aromatic heterocycles. The summed E-state index contributed by atoms with van der Waals surface area (Å²) >= 11 is 0. The number of alkyl halides is 3. The van der Waals surface area contributed by atoms with Crippen LogP contribution in [0.25, 0.3) is 0 Å². The van der Waals surface area contributed by atoms with Crippen LogP contribution in [0.4, 0.5) is 13.2 Å². The largest absolute Gasteiger partial charge is 0.522 e. The molecule has 0 radical (unpaired) electrons. The molecule has 0 bridgehead atoms. The van der Waals surface area contributed by atoms with Crippen LogP contribution in [0.5, 0.6) is 0 Å². The van der Waals surface area contributed by atoms with Gasteiger partial charge in [0.1, 0.15) is 0 Å². The molecule has 0 atom stereocenters. The molecule has 0 rings (SSSR count). The Morgan fingerprint density at radius 2 is 1.33 bits per heavy atom. The summed E-state index contributed by atoms with van der Waals surface area (Å²) in [5, 5.41) is 0. The smallest absolute Gasteiger partial charge is 0.373 e. The first kappa shape index (κ1) is 11.7. The van der Waals surface area contributed by atoms with Crippen molar-refractivity contribution in [3.05, 3.63) is 0 Å². The van der Waals surface area contributed by atoms with Gasteiger partial charge in [0.25, 0.3) is 0 Å². The minimum absolute atomic E-state index is 0.0526. The van der Waals surface area contributed by atoms with Crippen molar-refractivity contribution in [3.8, 4) is 0 Å². The Hall–Kier alpha value is -0.290. The van der Waals surface area contributed by atoms with E-state index in [1.807, 2.05) is 0 Å². The van der Waals surface area contributed by atoms with Crippen LogP contribution in [-0.4, -0.2) is 25.2 Å². The Labute approximate surface area is 69.7 Å². The van der Waals surface area contributed by atoms with Gasteiger partial charge in [0.2, 0.25) is 0 Å². The van der Waals surface area contributed by atoms with Gasteiger partial charge in [-0.1, -0.05) is 0 Å². The summed E-state index contributed by atoms with van der Waals surface area (Å²) in [5.41, 5.74) is -0.422. The lowest BCUT2D eigenvalue weighted by Gasteiger charge is -2.19. The molecule has 5 heteroatoms. The fraction of sp³-hybridized carbons (Fsp3) is 1.00. The van der Waals surface area contributed by atoms with E-state index in [2.05, 4.69) is 4.74 Å². The average molecular weight is 186 g/mol. The fourth-order valence-corrected chi connectivity index (χ4v) is 0.505. The molecule has 0 amide bonds. The third kappa shape index (κ3) is 9.71. The van der Waals surface area contributed by atoms with Crippen molar-refractivity contribution in [1.29, 1.82) is 0 Å². The lowest BCUT2D eigenvalue weighted by atomic mass is 10.2. The number of hydrogen-bond donors (Lipinski definition) is 0. The zero-order valence-corrected chi connectivity index (χ0v) is 7.36. The molecule has 0 aromatic carbocycles. The molecule has 12 heavy (non-hydrogen) atoms. The van der Waals surface area contributed by atoms with Crippen LogP contribution in [-0.2, 0) is 9.47 Å². The van der Waals surface area contributed by atoms with Gasteiger partial charge in [-0.15, -0.1) is 13.2 Å². The van der Waals surface area contributed by atoms with Crippen molar-refractivity contribution in [2.75, 3.05) is 13.2 Å². The zero-order valence-electron chi connectivity index (χ0n) is 7.36. The van der Waals surface area contributed by atoms with E-state index in [-0.39, 0.29) is 6.61 Å². The fourth-order valence-electron chi connectivity index (χ4n) is 0.505. The summed E-state index contributed by atoms with van der Waals surface area (Å²) in [6, 6.07) is 0. The standard InChI is InChI=1S/C7H13F3O2/c1-6(2,3)11-4-5-12-7(8,9)10/h4-5H2,1-3H3. The van der Waals surface area contributed by atoms with Crippen LogP contribution in [0.1, 0.15) is 20.8 Å². The van der Waals surface area contributed by atoms with Crippen LogP contribution < -0.4 is 0 Å². The predicted molar refractivity (Wildman–Crippen MR) is 37.7 cm³/mol. The SMILES string of the molecule is CC(C)(C)OCCOC(F)(F)F. The second-order valence-electron chi connectivity index (χ2n) is 3.26. The van der Waals surface area contributed by atoms with E-state index in [9.17, 15) is 13.2 Å². The highest BCUT2D eigenvalue weighted by Crippen LogP contribution is 2.16. The van der Waals surface area contributed by atoms with Crippen LogP contribution in [0.2, 0.25) is 0 Å². The minimum Gasteiger partial charge on any atom is -0.373 e. The second kappa shape index (κ2) is 4.09. The molecule has 0 heterocycles. The normalized spacial score (nSPS) is 13.5. The lowest BCUT2D eigenvalue weighted by molar-refractivity contribution is -0.328. The van der Waals surface area contributed by atoms with Crippen LogP contribution in [0.3, 0.4) is 0 Å². The maximum Gasteiger partial charge on any atom is 0.522 e. The van der Waals surface area contributed by atoms with E-state index in [1.165, 1.54) is 0 Å². The van der Waals surface area contributed by atoms with E-state index in [0.717, 1.165) is 0 Å². The van der Waals surface area contributed by atoms with Gasteiger partial charge >= 0.3 is 6.36 Å². The van der Waals surface area contributed by atoms with Gasteiger partial charge in [-0.05, 0) is 20.8 Å². The van der Waals surface area contributed by atoms with Gasteiger partial charge in [-0.3, -0.25) is 4.74 Å². The number of rotatable bonds is 3. The maximum absolute atomic E-state index is 11.4. The summed E-state index contributed by atoms with van der Waals surface area (Å²) in [4.78, 5) is 0. The third-order valence-electron chi connectivity index (χ3n) is 0.884. The Morgan fingerprint density at radius 1 is 0.917 bits per heavy atom. The summed E-state index contributed by atoms with van der Waals surface area (Å²) in [6.45, 7) is 4.78. The Morgan fingerprint density at radius 3 is 1.67 bits per heavy atom. The van der Waals surface area contributed by atoms with Gasteiger partial charge in [0, 0.05) is 0 Å². The summed E-state index contributed by atoms with van der Waals surface area (Å²) < 4.78 is 42.7. The van der Waals surface area contributed by atoms with E-state index in [0.29, 0.717) is 0 Å². The summed E-state index contributed by atoms with van der Waals surface area (Å²) in [6.07, 6.45) is -4.55. The molecule has 0 unspecified atom stereocenters. The summed E-state index contributed by atoms with van der Waals surface area (Å²) in [5.74, 6) is 0. The molecule has 0 saturated carbocycles. The molecule has 0 aliphatic rings. The maximum atomic E-state index is 11.4. The third-order valence-corrected chi connectivity index (χ3v) is 0.884. The first-order chi connectivity index (χ1) is 5.21. The Kier molecular flexibility index (Phi) is 3.99. The molecule has 74 valence electrons. The van der Waals surface area contributed by atoms with Crippen LogP contribution >= 0.6 is 0 Å². The van der Waals surface area contributed by atoms with Crippen molar-refractivity contribution in [1.82, 2.24) is 0 Å². The van der Waals surface area contributed by atoms with Gasteiger partial charge in [0.05, 0.1) is 18.8 Å². The molecule has 0 saturated heterocycles. The molecule has 0 aliphatic heterocycles. The van der Waals surface area contributed by atoms with E-state index >= 15 is 0 Å². The van der Waals surface area contributed by atoms with Crippen molar-refractivity contribution in [2.45, 2.75) is 32.7 Å². The van der Waals surface area contributed by atoms with E-state index in [4.69, 9.17) is 4.74 Å². The molecule has 2 nitrogen and oxygen atoms in total. The van der Waals surface area contributed by atoms with Crippen molar-refractivity contribution in [2.24, 2.45) is 0 Å². The number of ether oxygens (including phenoxy) is 2. The summed E-state index contributed by atoms with van der Waals surface area (Å²) in [7, 11) is 0. The molecular formula is C7H13F3O2. The highest BCUT2D eigenvalue weighted by molar-refractivity contribution is 4.57. The minimum atomic E-state index is -4.55. The number of hydrogen-bond acceptors (Lipinski definition) is 2. The van der Waals surface area contributed by atoms with Gasteiger partial charge < -0.3 is 4.74 Å². The lowest BCUT2D eigenvalue weighted by Crippen LogP contribution is -2.24. The van der Waals surface area contributed by atoms with E-state index in [1.54, 1.807) is 20.8 Å². The van der Waals surface area contributed by atoms with E-state index < -0.39 is 18.6 Å². The molecule has 0 aliphatic carbocycles. The quantitative estimate of drug-likeness (QED) is 0.630. The first-order valence-corrected chi connectivity index (χ1v) is 3.55. The molecule has 0 fully saturated rings. The molecular weight excluding hydrogens is 173 g/mol. The van der Waals surface area contributed by atoms with Crippen molar-refractivity contribution < 1.29 is 22.6 Å². The van der Waals surface area contributed by atoms with Crippen molar-refractivity contribution >= 4 is 0 Å². The topological polar surface area (TPSA) is 18.5 Å². The monoisotopic (exact) mass is 186 g/mol. The molecule has 0 N–H and O–H groups in total. The van der Waals surface area contributed by atoms with Gasteiger partial charge in [0.15, 0.2) is 0 Å². The van der Waals surface area contributed by atoms with Gasteiger partial charge in [-0.25, -0.2) is 0 Å². The second-order valence-corrected chi connectivity index (χ2v) is 3.26. The van der Waals surface area contributed by atoms with Gasteiger partial charge in [-0.2, -0.15) is 0 Å². The Balaban J connectivity index is 3.35. The van der Waals surface area contributed by atoms with Crippen LogP contribution in [0.15, 0.2) is 0 Å². The predicted octanol–water partition coefficient (Wildman–Crippen LogP) is 2.34. The van der Waals surface area contributed by atoms with Crippen LogP contribution in [0, 0.1) is 0 Å².